The van der Waals surface area contributed by atoms with Crippen LogP contribution >= 0.6 is 15.9 Å². The number of anilines is 1. The van der Waals surface area contributed by atoms with E-state index in [1.807, 2.05) is 0 Å². The van der Waals surface area contributed by atoms with Crippen LogP contribution in [0.2, 0.25) is 0 Å². The van der Waals surface area contributed by atoms with Gasteiger partial charge in [0.15, 0.2) is 0 Å². The zero-order valence-corrected chi connectivity index (χ0v) is 13.4. The second-order valence-corrected chi connectivity index (χ2v) is 6.01. The van der Waals surface area contributed by atoms with Crippen molar-refractivity contribution in [1.82, 2.24) is 0 Å². The van der Waals surface area contributed by atoms with E-state index in [0.717, 1.165) is 30.7 Å². The normalized spacial score (nSPS) is 11.0. The molecule has 0 aliphatic rings. The summed E-state index contributed by atoms with van der Waals surface area (Å²) in [4.78, 5) is 0. The molecule has 0 aliphatic carbocycles. The predicted molar refractivity (Wildman–Crippen MR) is 82.4 cm³/mol. The maximum atomic E-state index is 5.59. The number of hydrogen-bond donors (Lipinski definition) is 1. The molecule has 0 spiro atoms. The summed E-state index contributed by atoms with van der Waals surface area (Å²) >= 11 is 3.60. The van der Waals surface area contributed by atoms with Gasteiger partial charge in [0, 0.05) is 17.6 Å². The molecule has 0 unspecified atom stereocenters. The van der Waals surface area contributed by atoms with E-state index in [1.54, 1.807) is 0 Å². The molecule has 0 saturated carbocycles. The van der Waals surface area contributed by atoms with Crippen LogP contribution in [0.15, 0.2) is 16.6 Å². The van der Waals surface area contributed by atoms with Crippen molar-refractivity contribution in [1.29, 1.82) is 0 Å². The lowest BCUT2D eigenvalue weighted by atomic mass is 10.1. The third kappa shape index (κ3) is 5.40. The number of rotatable bonds is 7. The second-order valence-electron chi connectivity index (χ2n) is 5.16. The van der Waals surface area contributed by atoms with Crippen molar-refractivity contribution >= 4 is 21.6 Å². The van der Waals surface area contributed by atoms with Crippen molar-refractivity contribution in [3.8, 4) is 0 Å². The van der Waals surface area contributed by atoms with Crippen LogP contribution < -0.4 is 5.32 Å². The Labute approximate surface area is 119 Å². The van der Waals surface area contributed by atoms with E-state index < -0.39 is 0 Å². The van der Waals surface area contributed by atoms with Crippen molar-refractivity contribution in [2.24, 2.45) is 5.92 Å². The first-order chi connectivity index (χ1) is 8.50. The summed E-state index contributed by atoms with van der Waals surface area (Å²) < 4.78 is 6.72. The lowest BCUT2D eigenvalue weighted by Crippen LogP contribution is -2.12. The van der Waals surface area contributed by atoms with E-state index in [9.17, 15) is 0 Å². The summed E-state index contributed by atoms with van der Waals surface area (Å²) in [6.45, 7) is 11.1. The Morgan fingerprint density at radius 2 is 1.94 bits per heavy atom. The zero-order chi connectivity index (χ0) is 13.5. The molecule has 0 aliphatic heterocycles. The van der Waals surface area contributed by atoms with Crippen LogP contribution in [0.25, 0.3) is 0 Å². The van der Waals surface area contributed by atoms with Gasteiger partial charge in [-0.25, -0.2) is 0 Å². The van der Waals surface area contributed by atoms with Gasteiger partial charge >= 0.3 is 0 Å². The highest BCUT2D eigenvalue weighted by Crippen LogP contribution is 2.27. The standard InChI is InChI=1S/C15H24BrNO/c1-11(2)5-7-18-8-6-17-15-13(4)9-12(3)10-14(15)16/h9-11,17H,5-8H2,1-4H3. The molecule has 1 rings (SSSR count). The summed E-state index contributed by atoms with van der Waals surface area (Å²) in [5, 5.41) is 3.42. The Balaban J connectivity index is 2.31. The second kappa shape index (κ2) is 7.80. The van der Waals surface area contributed by atoms with Gasteiger partial charge in [-0.15, -0.1) is 0 Å². The first kappa shape index (κ1) is 15.5. The SMILES string of the molecule is Cc1cc(C)c(NCCOCCC(C)C)c(Br)c1. The lowest BCUT2D eigenvalue weighted by molar-refractivity contribution is 0.132. The molecule has 0 atom stereocenters. The maximum absolute atomic E-state index is 5.59. The van der Waals surface area contributed by atoms with Gasteiger partial charge in [-0.3, -0.25) is 0 Å². The molecule has 0 saturated heterocycles. The van der Waals surface area contributed by atoms with Crippen molar-refractivity contribution in [2.75, 3.05) is 25.1 Å². The van der Waals surface area contributed by atoms with E-state index in [-0.39, 0.29) is 0 Å². The third-order valence-electron chi connectivity index (χ3n) is 2.82. The van der Waals surface area contributed by atoms with Crippen LogP contribution in [-0.4, -0.2) is 19.8 Å². The van der Waals surface area contributed by atoms with Gasteiger partial charge in [0.2, 0.25) is 0 Å². The van der Waals surface area contributed by atoms with E-state index in [4.69, 9.17) is 4.74 Å². The third-order valence-corrected chi connectivity index (χ3v) is 3.44. The van der Waals surface area contributed by atoms with Crippen LogP contribution in [0.1, 0.15) is 31.4 Å². The molecule has 0 heterocycles. The zero-order valence-electron chi connectivity index (χ0n) is 11.8. The van der Waals surface area contributed by atoms with Gasteiger partial charge in [0.25, 0.3) is 0 Å². The molecule has 1 N–H and O–H groups in total. The highest BCUT2D eigenvalue weighted by Gasteiger charge is 2.04. The smallest absolute Gasteiger partial charge is 0.0639 e. The molecule has 0 bridgehead atoms. The number of aryl methyl sites for hydroxylation is 2. The van der Waals surface area contributed by atoms with Crippen LogP contribution in [0.4, 0.5) is 5.69 Å². The fourth-order valence-electron chi connectivity index (χ4n) is 1.81. The van der Waals surface area contributed by atoms with Crippen LogP contribution in [0.5, 0.6) is 0 Å². The highest BCUT2D eigenvalue weighted by molar-refractivity contribution is 9.10. The Bertz CT molecular complexity index is 354. The molecule has 1 aromatic rings. The number of benzene rings is 1. The summed E-state index contributed by atoms with van der Waals surface area (Å²) in [6, 6.07) is 4.32. The molecular weight excluding hydrogens is 290 g/mol. The van der Waals surface area contributed by atoms with Gasteiger partial charge in [-0.2, -0.15) is 0 Å². The average Bonchev–Trinajstić information content (AvgIpc) is 2.25. The predicted octanol–water partition coefficient (Wildman–Crippen LogP) is 4.54. The molecule has 1 aromatic carbocycles. The fraction of sp³-hybridized carbons (Fsp3) is 0.600. The summed E-state index contributed by atoms with van der Waals surface area (Å²) in [5.74, 6) is 0.714. The Morgan fingerprint density at radius 1 is 1.22 bits per heavy atom. The van der Waals surface area contributed by atoms with E-state index in [0.29, 0.717) is 5.92 Å². The molecule has 18 heavy (non-hydrogen) atoms. The number of halogens is 1. The monoisotopic (exact) mass is 313 g/mol. The summed E-state index contributed by atoms with van der Waals surface area (Å²) in [6.07, 6.45) is 1.13. The minimum Gasteiger partial charge on any atom is -0.382 e. The molecular formula is C15H24BrNO. The Kier molecular flexibility index (Phi) is 6.72. The first-order valence-electron chi connectivity index (χ1n) is 6.59. The first-order valence-corrected chi connectivity index (χ1v) is 7.38. The fourth-order valence-corrected chi connectivity index (χ4v) is 2.62. The van der Waals surface area contributed by atoms with E-state index >= 15 is 0 Å². The Morgan fingerprint density at radius 3 is 2.56 bits per heavy atom. The van der Waals surface area contributed by atoms with Crippen molar-refractivity contribution in [2.45, 2.75) is 34.1 Å². The molecule has 2 nitrogen and oxygen atoms in total. The number of nitrogens with one attached hydrogen (secondary N) is 1. The van der Waals surface area contributed by atoms with Gasteiger partial charge in [0.05, 0.1) is 12.3 Å². The van der Waals surface area contributed by atoms with Crippen molar-refractivity contribution < 1.29 is 4.74 Å². The van der Waals surface area contributed by atoms with Crippen LogP contribution in [0.3, 0.4) is 0 Å². The minimum atomic E-state index is 0.714. The maximum Gasteiger partial charge on any atom is 0.0639 e. The lowest BCUT2D eigenvalue weighted by Gasteiger charge is -2.13. The molecule has 0 aromatic heterocycles. The molecule has 3 heteroatoms. The molecule has 102 valence electrons. The van der Waals surface area contributed by atoms with Gasteiger partial charge in [-0.05, 0) is 59.3 Å². The Hall–Kier alpha value is -0.540. The van der Waals surface area contributed by atoms with E-state index in [2.05, 4.69) is 61.1 Å². The van der Waals surface area contributed by atoms with Crippen LogP contribution in [0, 0.1) is 19.8 Å². The summed E-state index contributed by atoms with van der Waals surface area (Å²) in [5.41, 5.74) is 3.72. The van der Waals surface area contributed by atoms with Crippen molar-refractivity contribution in [3.63, 3.8) is 0 Å². The van der Waals surface area contributed by atoms with Crippen LogP contribution in [-0.2, 0) is 4.74 Å². The molecule has 0 fully saturated rings. The van der Waals surface area contributed by atoms with Gasteiger partial charge in [0.1, 0.15) is 0 Å². The average molecular weight is 314 g/mol. The molecule has 0 radical (unpaired) electrons. The number of hydrogen-bond acceptors (Lipinski definition) is 2. The quantitative estimate of drug-likeness (QED) is 0.746. The topological polar surface area (TPSA) is 21.3 Å². The molecule has 0 amide bonds. The van der Waals surface area contributed by atoms with Gasteiger partial charge < -0.3 is 10.1 Å². The minimum absolute atomic E-state index is 0.714. The van der Waals surface area contributed by atoms with E-state index in [1.165, 1.54) is 16.8 Å². The van der Waals surface area contributed by atoms with Gasteiger partial charge in [-0.1, -0.05) is 19.9 Å². The number of ether oxygens (including phenoxy) is 1. The van der Waals surface area contributed by atoms with Crippen molar-refractivity contribution in [3.05, 3.63) is 27.7 Å². The highest BCUT2D eigenvalue weighted by atomic mass is 79.9. The summed E-state index contributed by atoms with van der Waals surface area (Å²) in [7, 11) is 0. The largest absolute Gasteiger partial charge is 0.382 e.